The average Bonchev–Trinajstić information content (AvgIpc) is 2.53. The molecule has 2 N–H and O–H groups in total. The van der Waals surface area contributed by atoms with Crippen LogP contribution in [-0.2, 0) is 4.79 Å². The van der Waals surface area contributed by atoms with Gasteiger partial charge in [0, 0.05) is 19.6 Å². The highest BCUT2D eigenvalue weighted by atomic mass is 127. The molecule has 1 aromatic carbocycles. The average molecular weight is 490 g/mol. The highest BCUT2D eigenvalue weighted by molar-refractivity contribution is 14.0. The number of aliphatic imine (C=N–C) groups is 1. The summed E-state index contributed by atoms with van der Waals surface area (Å²) in [7, 11) is 3.54. The number of hydrogen-bond donors (Lipinski definition) is 2. The van der Waals surface area contributed by atoms with Crippen LogP contribution < -0.4 is 15.4 Å². The summed E-state index contributed by atoms with van der Waals surface area (Å²) in [5, 5.41) is 6.17. The molecule has 0 aliphatic heterocycles. The van der Waals surface area contributed by atoms with E-state index in [9.17, 15) is 4.79 Å². The lowest BCUT2D eigenvalue weighted by molar-refractivity contribution is -0.122. The fourth-order valence-electron chi connectivity index (χ4n) is 2.55. The normalized spacial score (nSPS) is 11.6. The highest BCUT2D eigenvalue weighted by Crippen LogP contribution is 2.25. The van der Waals surface area contributed by atoms with Crippen LogP contribution in [0.3, 0.4) is 0 Å². The number of likely N-dealkylation sites (N-methyl/N-ethyl adjacent to an activating group) is 1. The Kier molecular flexibility index (Phi) is 11.4. The maximum absolute atomic E-state index is 12.0. The minimum Gasteiger partial charge on any atom is -0.491 e. The van der Waals surface area contributed by atoms with Crippen molar-refractivity contribution in [2.45, 2.75) is 46.1 Å². The number of hydrogen-bond acceptors (Lipinski definition) is 3. The second kappa shape index (κ2) is 12.0. The van der Waals surface area contributed by atoms with Gasteiger partial charge in [0.25, 0.3) is 0 Å². The Hall–Kier alpha value is -1.51. The van der Waals surface area contributed by atoms with Crippen molar-refractivity contribution in [3.05, 3.63) is 29.8 Å². The third-order valence-corrected chi connectivity index (χ3v) is 3.65. The summed E-state index contributed by atoms with van der Waals surface area (Å²) in [6, 6.07) is 8.09. The second-order valence-electron chi connectivity index (χ2n) is 7.67. The number of carbonyl (C=O) groups is 1. The number of carbonyl (C=O) groups excluding carboxylic acids is 1. The Labute approximate surface area is 181 Å². The molecule has 6 nitrogen and oxygen atoms in total. The van der Waals surface area contributed by atoms with E-state index in [1.165, 1.54) is 5.56 Å². The standard InChI is InChI=1S/C20H34N4O2.HI/c1-15(2)16-10-8-9-11-17(16)26-13-12-22-19(21-6)24(7)14-18(25)23-20(3,4)5;/h8-11,15H,12-14H2,1-7H3,(H,21,22)(H,23,25);1H. The van der Waals surface area contributed by atoms with E-state index in [0.29, 0.717) is 25.0 Å². The fraction of sp³-hybridized carbons (Fsp3) is 0.600. The molecule has 1 rings (SSSR count). The predicted octanol–water partition coefficient (Wildman–Crippen LogP) is 3.23. The summed E-state index contributed by atoms with van der Waals surface area (Å²) in [4.78, 5) is 18.1. The van der Waals surface area contributed by atoms with Crippen molar-refractivity contribution in [2.75, 3.05) is 33.8 Å². The molecule has 0 saturated heterocycles. The van der Waals surface area contributed by atoms with Crippen LogP contribution in [0.25, 0.3) is 0 Å². The smallest absolute Gasteiger partial charge is 0.240 e. The number of nitrogens with one attached hydrogen (secondary N) is 2. The molecule has 27 heavy (non-hydrogen) atoms. The van der Waals surface area contributed by atoms with Gasteiger partial charge >= 0.3 is 0 Å². The molecule has 0 fully saturated rings. The van der Waals surface area contributed by atoms with E-state index in [0.717, 1.165) is 5.75 Å². The zero-order valence-corrected chi connectivity index (χ0v) is 20.0. The topological polar surface area (TPSA) is 66.0 Å². The summed E-state index contributed by atoms with van der Waals surface area (Å²) >= 11 is 0. The molecule has 1 amide bonds. The van der Waals surface area contributed by atoms with Crippen LogP contribution in [0.2, 0.25) is 0 Å². The van der Waals surface area contributed by atoms with E-state index < -0.39 is 0 Å². The summed E-state index contributed by atoms with van der Waals surface area (Å²) in [5.74, 6) is 1.96. The minimum absolute atomic E-state index is 0. The lowest BCUT2D eigenvalue weighted by Gasteiger charge is -2.25. The van der Waals surface area contributed by atoms with Gasteiger partial charge in [-0.2, -0.15) is 0 Å². The van der Waals surface area contributed by atoms with Gasteiger partial charge in [0.05, 0.1) is 13.1 Å². The van der Waals surface area contributed by atoms with E-state index in [1.54, 1.807) is 11.9 Å². The summed E-state index contributed by atoms with van der Waals surface area (Å²) in [6.45, 7) is 11.6. The zero-order chi connectivity index (χ0) is 19.7. The van der Waals surface area contributed by atoms with Crippen molar-refractivity contribution in [1.82, 2.24) is 15.5 Å². The number of ether oxygens (including phenoxy) is 1. The first-order chi connectivity index (χ1) is 12.1. The molecule has 0 spiro atoms. The van der Waals surface area contributed by atoms with Crippen molar-refractivity contribution >= 4 is 35.8 Å². The van der Waals surface area contributed by atoms with Crippen LogP contribution in [0.5, 0.6) is 5.75 Å². The van der Waals surface area contributed by atoms with Crippen molar-refractivity contribution in [2.24, 2.45) is 4.99 Å². The first-order valence-electron chi connectivity index (χ1n) is 9.08. The Bertz CT molecular complexity index is 612. The number of guanidine groups is 1. The maximum atomic E-state index is 12.0. The molecule has 0 saturated carbocycles. The summed E-state index contributed by atoms with van der Waals surface area (Å²) in [5.41, 5.74) is 0.958. The van der Waals surface area contributed by atoms with Gasteiger partial charge < -0.3 is 20.3 Å². The number of amides is 1. The molecule has 154 valence electrons. The minimum atomic E-state index is -0.244. The van der Waals surface area contributed by atoms with Gasteiger partial charge in [0.15, 0.2) is 5.96 Å². The van der Waals surface area contributed by atoms with Gasteiger partial charge in [-0.15, -0.1) is 24.0 Å². The third-order valence-electron chi connectivity index (χ3n) is 3.65. The molecule has 0 aromatic heterocycles. The van der Waals surface area contributed by atoms with Crippen LogP contribution in [0.15, 0.2) is 29.3 Å². The number of rotatable bonds is 7. The van der Waals surface area contributed by atoms with E-state index in [-0.39, 0.29) is 42.0 Å². The highest BCUT2D eigenvalue weighted by Gasteiger charge is 2.16. The van der Waals surface area contributed by atoms with Crippen LogP contribution >= 0.6 is 24.0 Å². The molecule has 7 heteroatoms. The van der Waals surface area contributed by atoms with E-state index >= 15 is 0 Å². The lowest BCUT2D eigenvalue weighted by Crippen LogP contribution is -2.49. The SMILES string of the molecule is CN=C(NCCOc1ccccc1C(C)C)N(C)CC(=O)NC(C)(C)C.I. The zero-order valence-electron chi connectivity index (χ0n) is 17.6. The number of benzene rings is 1. The van der Waals surface area contributed by atoms with Gasteiger partial charge in [-0.05, 0) is 38.3 Å². The largest absolute Gasteiger partial charge is 0.491 e. The molecule has 0 aliphatic rings. The Balaban J connectivity index is 0.00000676. The van der Waals surface area contributed by atoms with Gasteiger partial charge in [-0.25, -0.2) is 0 Å². The van der Waals surface area contributed by atoms with E-state index in [2.05, 4.69) is 35.5 Å². The van der Waals surface area contributed by atoms with E-state index in [4.69, 9.17) is 4.74 Å². The van der Waals surface area contributed by atoms with Gasteiger partial charge in [0.1, 0.15) is 12.4 Å². The molecule has 0 radical (unpaired) electrons. The molecule has 1 aromatic rings. The van der Waals surface area contributed by atoms with Crippen molar-refractivity contribution in [3.63, 3.8) is 0 Å². The third kappa shape index (κ3) is 9.83. The van der Waals surface area contributed by atoms with Gasteiger partial charge in [-0.1, -0.05) is 32.0 Å². The van der Waals surface area contributed by atoms with Crippen molar-refractivity contribution < 1.29 is 9.53 Å². The fourth-order valence-corrected chi connectivity index (χ4v) is 2.55. The van der Waals surface area contributed by atoms with Crippen molar-refractivity contribution in [3.8, 4) is 5.75 Å². The maximum Gasteiger partial charge on any atom is 0.240 e. The summed E-state index contributed by atoms with van der Waals surface area (Å²) in [6.07, 6.45) is 0. The van der Waals surface area contributed by atoms with Crippen LogP contribution in [0.1, 0.15) is 46.1 Å². The monoisotopic (exact) mass is 490 g/mol. The number of para-hydroxylation sites is 1. The number of halogens is 1. The second-order valence-corrected chi connectivity index (χ2v) is 7.67. The molecule has 0 heterocycles. The quantitative estimate of drug-likeness (QED) is 0.267. The summed E-state index contributed by atoms with van der Waals surface area (Å²) < 4.78 is 5.90. The molecule has 0 atom stereocenters. The van der Waals surface area contributed by atoms with Crippen LogP contribution in [-0.4, -0.2) is 56.1 Å². The van der Waals surface area contributed by atoms with Crippen LogP contribution in [0.4, 0.5) is 0 Å². The molecule has 0 aliphatic carbocycles. The Morgan fingerprint density at radius 3 is 2.44 bits per heavy atom. The Morgan fingerprint density at radius 1 is 1.26 bits per heavy atom. The predicted molar refractivity (Wildman–Crippen MR) is 123 cm³/mol. The molecular weight excluding hydrogens is 455 g/mol. The first kappa shape index (κ1) is 25.5. The van der Waals surface area contributed by atoms with Crippen LogP contribution in [0, 0.1) is 0 Å². The number of nitrogens with zero attached hydrogens (tertiary/aromatic N) is 2. The lowest BCUT2D eigenvalue weighted by atomic mass is 10.0. The Morgan fingerprint density at radius 2 is 1.89 bits per heavy atom. The molecule has 0 unspecified atom stereocenters. The van der Waals surface area contributed by atoms with Gasteiger partial charge in [-0.3, -0.25) is 9.79 Å². The van der Waals surface area contributed by atoms with Crippen molar-refractivity contribution in [1.29, 1.82) is 0 Å². The van der Waals surface area contributed by atoms with Gasteiger partial charge in [0.2, 0.25) is 5.91 Å². The van der Waals surface area contributed by atoms with E-state index in [1.807, 2.05) is 46.0 Å². The first-order valence-corrected chi connectivity index (χ1v) is 9.08. The molecular formula is C20H35IN4O2. The molecule has 0 bridgehead atoms.